The van der Waals surface area contributed by atoms with E-state index in [4.69, 9.17) is 0 Å². The van der Waals surface area contributed by atoms with Gasteiger partial charge in [-0.05, 0) is 19.9 Å². The van der Waals surface area contributed by atoms with Crippen molar-refractivity contribution in [2.45, 2.75) is 13.8 Å². The van der Waals surface area contributed by atoms with Crippen LogP contribution in [0.1, 0.15) is 18.2 Å². The summed E-state index contributed by atoms with van der Waals surface area (Å²) in [6.45, 7) is 7.07. The lowest BCUT2D eigenvalue weighted by Gasteiger charge is -2.03. The fourth-order valence-electron chi connectivity index (χ4n) is 0.993. The second kappa shape index (κ2) is 3.30. The molecule has 1 rings (SSSR count). The van der Waals surface area contributed by atoms with Crippen molar-refractivity contribution in [2.75, 3.05) is 0 Å². The van der Waals surface area contributed by atoms with Gasteiger partial charge in [-0.25, -0.2) is 0 Å². The molecule has 2 nitrogen and oxygen atoms in total. The summed E-state index contributed by atoms with van der Waals surface area (Å²) in [5, 5.41) is 0. The molecule has 0 aliphatic rings. The van der Waals surface area contributed by atoms with Gasteiger partial charge in [0.1, 0.15) is 0 Å². The van der Waals surface area contributed by atoms with E-state index in [9.17, 15) is 4.79 Å². The quantitative estimate of drug-likeness (QED) is 0.621. The molecule has 0 atom stereocenters. The number of hydrogen-bond acceptors (Lipinski definition) is 2. The average molecular weight is 161 g/mol. The molecule has 0 unspecified atom stereocenters. The first-order valence-electron chi connectivity index (χ1n) is 3.74. The van der Waals surface area contributed by atoms with Gasteiger partial charge in [-0.3, -0.25) is 9.78 Å². The van der Waals surface area contributed by atoms with E-state index in [2.05, 4.69) is 11.6 Å². The van der Waals surface area contributed by atoms with Crippen LogP contribution in [-0.4, -0.2) is 10.8 Å². The molecule has 0 aliphatic heterocycles. The molecule has 62 valence electrons. The molecule has 0 saturated heterocycles. The largest absolute Gasteiger partial charge is 0.295 e. The maximum Gasteiger partial charge on any atom is 0.159 e. The summed E-state index contributed by atoms with van der Waals surface area (Å²) < 4.78 is 0. The lowest BCUT2D eigenvalue weighted by atomic mass is 10.0. The van der Waals surface area contributed by atoms with Gasteiger partial charge in [0.2, 0.25) is 0 Å². The molecule has 1 aromatic rings. The molecular formula is C10H11NO. The summed E-state index contributed by atoms with van der Waals surface area (Å²) in [5.74, 6) is -0.00824. The van der Waals surface area contributed by atoms with Crippen LogP contribution in [0.25, 0.3) is 5.57 Å². The second-order valence-corrected chi connectivity index (χ2v) is 2.67. The third-order valence-corrected chi connectivity index (χ3v) is 1.76. The number of allylic oxidation sites excluding steroid dienone is 1. The number of nitrogens with zero attached hydrogens (tertiary/aromatic N) is 1. The fraction of sp³-hybridized carbons (Fsp3) is 0.200. The van der Waals surface area contributed by atoms with Crippen molar-refractivity contribution in [1.29, 1.82) is 0 Å². The number of aromatic nitrogens is 1. The van der Waals surface area contributed by atoms with E-state index >= 15 is 0 Å². The highest BCUT2D eigenvalue weighted by molar-refractivity contribution is 6.18. The normalized spacial score (nSPS) is 9.50. The third kappa shape index (κ3) is 1.59. The number of ketones is 1. The lowest BCUT2D eigenvalue weighted by Crippen LogP contribution is -1.97. The summed E-state index contributed by atoms with van der Waals surface area (Å²) >= 11 is 0. The molecule has 0 saturated carbocycles. The van der Waals surface area contributed by atoms with Gasteiger partial charge in [0, 0.05) is 23.0 Å². The molecular weight excluding hydrogens is 150 g/mol. The summed E-state index contributed by atoms with van der Waals surface area (Å²) in [6.07, 6.45) is 1.70. The van der Waals surface area contributed by atoms with Crippen LogP contribution in [-0.2, 0) is 4.79 Å². The number of carbonyl (C=O) groups is 1. The molecule has 0 fully saturated rings. The van der Waals surface area contributed by atoms with Crippen molar-refractivity contribution in [1.82, 2.24) is 4.98 Å². The Hall–Kier alpha value is -1.44. The van der Waals surface area contributed by atoms with E-state index in [0.717, 1.165) is 11.3 Å². The van der Waals surface area contributed by atoms with Crippen molar-refractivity contribution in [3.63, 3.8) is 0 Å². The second-order valence-electron chi connectivity index (χ2n) is 2.67. The molecule has 0 aliphatic carbocycles. The van der Waals surface area contributed by atoms with E-state index in [1.165, 1.54) is 6.92 Å². The van der Waals surface area contributed by atoms with Gasteiger partial charge in [-0.15, -0.1) is 0 Å². The zero-order valence-electron chi connectivity index (χ0n) is 7.29. The molecule has 1 heterocycles. The van der Waals surface area contributed by atoms with Crippen LogP contribution in [0.5, 0.6) is 0 Å². The van der Waals surface area contributed by atoms with Crippen LogP contribution in [0, 0.1) is 6.92 Å². The zero-order valence-corrected chi connectivity index (χ0v) is 7.29. The molecule has 2 heteroatoms. The van der Waals surface area contributed by atoms with Crippen molar-refractivity contribution in [3.8, 4) is 0 Å². The Balaban J connectivity index is 3.11. The van der Waals surface area contributed by atoms with Crippen LogP contribution in [0.15, 0.2) is 24.9 Å². The zero-order chi connectivity index (χ0) is 9.14. The standard InChI is InChI=1S/C10H11NO/c1-7(9(3)12)10-5-4-6-11-8(10)2/h4-6H,1H2,2-3H3. The van der Waals surface area contributed by atoms with Crippen LogP contribution < -0.4 is 0 Å². The maximum atomic E-state index is 11.0. The van der Waals surface area contributed by atoms with Gasteiger partial charge < -0.3 is 0 Å². The number of aryl methyl sites for hydroxylation is 1. The number of Topliss-reactive ketones (excluding diaryl/α,β-unsaturated/α-hetero) is 1. The SMILES string of the molecule is C=C(C(C)=O)c1cccnc1C. The molecule has 0 radical (unpaired) electrons. The van der Waals surface area contributed by atoms with Gasteiger partial charge in [0.15, 0.2) is 5.78 Å². The fourth-order valence-corrected chi connectivity index (χ4v) is 0.993. The van der Waals surface area contributed by atoms with Crippen molar-refractivity contribution < 1.29 is 4.79 Å². The van der Waals surface area contributed by atoms with Crippen LogP contribution in [0.3, 0.4) is 0 Å². The van der Waals surface area contributed by atoms with Crippen LogP contribution in [0.2, 0.25) is 0 Å². The van der Waals surface area contributed by atoms with Crippen LogP contribution in [0.4, 0.5) is 0 Å². The Morgan fingerprint density at radius 3 is 2.75 bits per heavy atom. The maximum absolute atomic E-state index is 11.0. The number of carbonyl (C=O) groups excluding carboxylic acids is 1. The highest BCUT2D eigenvalue weighted by Gasteiger charge is 2.06. The summed E-state index contributed by atoms with van der Waals surface area (Å²) in [5.41, 5.74) is 2.21. The highest BCUT2D eigenvalue weighted by Crippen LogP contribution is 2.15. The van der Waals surface area contributed by atoms with E-state index < -0.39 is 0 Å². The molecule has 0 N–H and O–H groups in total. The van der Waals surface area contributed by atoms with Crippen molar-refractivity contribution >= 4 is 11.4 Å². The third-order valence-electron chi connectivity index (χ3n) is 1.76. The Labute approximate surface area is 71.9 Å². The van der Waals surface area contributed by atoms with Gasteiger partial charge in [0.05, 0.1) is 0 Å². The smallest absolute Gasteiger partial charge is 0.159 e. The van der Waals surface area contributed by atoms with Crippen molar-refractivity contribution in [2.24, 2.45) is 0 Å². The Bertz CT molecular complexity index is 328. The van der Waals surface area contributed by atoms with E-state index in [1.54, 1.807) is 12.3 Å². The Morgan fingerprint density at radius 2 is 2.25 bits per heavy atom. The molecule has 0 spiro atoms. The van der Waals surface area contributed by atoms with E-state index in [0.29, 0.717) is 5.57 Å². The number of pyridine rings is 1. The molecule has 0 bridgehead atoms. The van der Waals surface area contributed by atoms with Crippen molar-refractivity contribution in [3.05, 3.63) is 36.2 Å². The Kier molecular flexibility index (Phi) is 2.38. The Morgan fingerprint density at radius 1 is 1.58 bits per heavy atom. The molecule has 0 amide bonds. The first kappa shape index (κ1) is 8.65. The average Bonchev–Trinajstić information content (AvgIpc) is 2.04. The molecule has 0 aromatic carbocycles. The number of rotatable bonds is 2. The number of hydrogen-bond donors (Lipinski definition) is 0. The minimum Gasteiger partial charge on any atom is -0.295 e. The minimum absolute atomic E-state index is 0.00824. The lowest BCUT2D eigenvalue weighted by molar-refractivity contribution is -0.111. The van der Waals surface area contributed by atoms with E-state index in [1.807, 2.05) is 13.0 Å². The predicted octanol–water partition coefficient (Wildman–Crippen LogP) is 1.99. The molecule has 1 aromatic heterocycles. The topological polar surface area (TPSA) is 30.0 Å². The van der Waals surface area contributed by atoms with Gasteiger partial charge in [-0.2, -0.15) is 0 Å². The van der Waals surface area contributed by atoms with E-state index in [-0.39, 0.29) is 5.78 Å². The summed E-state index contributed by atoms with van der Waals surface area (Å²) in [6, 6.07) is 3.66. The van der Waals surface area contributed by atoms with Gasteiger partial charge in [-0.1, -0.05) is 12.6 Å². The molecule has 12 heavy (non-hydrogen) atoms. The minimum atomic E-state index is -0.00824. The highest BCUT2D eigenvalue weighted by atomic mass is 16.1. The first-order valence-corrected chi connectivity index (χ1v) is 3.74. The van der Waals surface area contributed by atoms with Crippen LogP contribution >= 0.6 is 0 Å². The van der Waals surface area contributed by atoms with Gasteiger partial charge >= 0.3 is 0 Å². The summed E-state index contributed by atoms with van der Waals surface area (Å²) in [4.78, 5) is 15.0. The monoisotopic (exact) mass is 161 g/mol. The predicted molar refractivity (Wildman–Crippen MR) is 48.7 cm³/mol. The summed E-state index contributed by atoms with van der Waals surface area (Å²) in [7, 11) is 0. The first-order chi connectivity index (χ1) is 5.63. The van der Waals surface area contributed by atoms with Gasteiger partial charge in [0.25, 0.3) is 0 Å².